The van der Waals surface area contributed by atoms with Crippen molar-refractivity contribution >= 4 is 0 Å². The third-order valence-corrected chi connectivity index (χ3v) is 2.64. The molecule has 0 heterocycles. The minimum atomic E-state index is -3.02. The summed E-state index contributed by atoms with van der Waals surface area (Å²) in [5.74, 6) is -3.89. The topological polar surface area (TPSA) is 35.8 Å². The van der Waals surface area contributed by atoms with Crippen molar-refractivity contribution < 1.29 is 8.78 Å². The van der Waals surface area contributed by atoms with Gasteiger partial charge >= 0.3 is 0 Å². The number of alkyl halides is 2. The van der Waals surface area contributed by atoms with E-state index in [2.05, 4.69) is 5.32 Å². The van der Waals surface area contributed by atoms with E-state index < -0.39 is 17.9 Å². The summed E-state index contributed by atoms with van der Waals surface area (Å²) < 4.78 is 27.3. The molecule has 1 rings (SSSR count). The fourth-order valence-electron chi connectivity index (χ4n) is 1.42. The fraction of sp³-hybridized carbons (Fsp3) is 0.462. The van der Waals surface area contributed by atoms with Gasteiger partial charge in [0.1, 0.15) is 0 Å². The number of hydrogen-bond acceptors (Lipinski definition) is 2. The first kappa shape index (κ1) is 13.6. The molecule has 1 atom stereocenters. The van der Waals surface area contributed by atoms with Crippen LogP contribution < -0.4 is 5.32 Å². The highest BCUT2D eigenvalue weighted by atomic mass is 19.3. The number of rotatable bonds is 5. The summed E-state index contributed by atoms with van der Waals surface area (Å²) in [6, 6.07) is 9.35. The van der Waals surface area contributed by atoms with Crippen LogP contribution in [0.3, 0.4) is 0 Å². The number of nitriles is 1. The molecule has 0 saturated heterocycles. The fourth-order valence-corrected chi connectivity index (χ4v) is 1.42. The number of benzene rings is 1. The maximum Gasteiger partial charge on any atom is 0.278 e. The molecule has 17 heavy (non-hydrogen) atoms. The Bertz CT molecular complexity index is 382. The van der Waals surface area contributed by atoms with E-state index in [0.717, 1.165) is 5.56 Å². The molecule has 0 bridgehead atoms. The zero-order valence-corrected chi connectivity index (χ0v) is 9.95. The number of halogens is 2. The van der Waals surface area contributed by atoms with Crippen LogP contribution in [0.2, 0.25) is 0 Å². The third kappa shape index (κ3) is 3.50. The molecule has 0 aliphatic heterocycles. The first-order chi connectivity index (χ1) is 7.98. The molecule has 0 aliphatic carbocycles. The second kappa shape index (κ2) is 5.74. The Balaban J connectivity index is 2.64. The lowest BCUT2D eigenvalue weighted by Gasteiger charge is -2.25. The van der Waals surface area contributed by atoms with E-state index in [0.29, 0.717) is 0 Å². The maximum atomic E-state index is 13.6. The van der Waals surface area contributed by atoms with Crippen molar-refractivity contribution in [2.45, 2.75) is 32.4 Å². The van der Waals surface area contributed by atoms with Crippen LogP contribution in [-0.2, 0) is 6.54 Å². The van der Waals surface area contributed by atoms with Crippen molar-refractivity contribution in [1.29, 1.82) is 5.26 Å². The standard InChI is InChI=1S/C13H16F2N2/c1-10(2)13(14,15)12(8-16)17-9-11-6-4-3-5-7-11/h3-7,10,12,17H,9H2,1-2H3. The van der Waals surface area contributed by atoms with E-state index >= 15 is 0 Å². The van der Waals surface area contributed by atoms with Crippen LogP contribution in [-0.4, -0.2) is 12.0 Å². The van der Waals surface area contributed by atoms with E-state index in [9.17, 15) is 8.78 Å². The summed E-state index contributed by atoms with van der Waals surface area (Å²) in [5.41, 5.74) is 0.882. The minimum absolute atomic E-state index is 0.265. The Morgan fingerprint density at radius 3 is 2.35 bits per heavy atom. The molecule has 1 N–H and O–H groups in total. The zero-order chi connectivity index (χ0) is 12.9. The largest absolute Gasteiger partial charge is 0.293 e. The average molecular weight is 238 g/mol. The van der Waals surface area contributed by atoms with Crippen molar-refractivity contribution in [2.24, 2.45) is 5.92 Å². The van der Waals surface area contributed by atoms with Crippen molar-refractivity contribution in [3.05, 3.63) is 35.9 Å². The normalized spacial score (nSPS) is 13.4. The molecule has 1 aromatic carbocycles. The second-order valence-corrected chi connectivity index (χ2v) is 4.26. The molecule has 4 heteroatoms. The van der Waals surface area contributed by atoms with E-state index in [1.807, 2.05) is 30.3 Å². The smallest absolute Gasteiger partial charge is 0.278 e. The molecule has 0 radical (unpaired) electrons. The van der Waals surface area contributed by atoms with Gasteiger partial charge in [0.05, 0.1) is 6.07 Å². The molecule has 0 saturated carbocycles. The van der Waals surface area contributed by atoms with Crippen molar-refractivity contribution in [1.82, 2.24) is 5.32 Å². The zero-order valence-electron chi connectivity index (χ0n) is 9.95. The SMILES string of the molecule is CC(C)C(F)(F)C(C#N)NCc1ccccc1. The number of nitrogens with one attached hydrogen (secondary N) is 1. The lowest BCUT2D eigenvalue weighted by atomic mass is 9.99. The van der Waals surface area contributed by atoms with Gasteiger partial charge in [-0.3, -0.25) is 5.32 Å². The van der Waals surface area contributed by atoms with Crippen LogP contribution >= 0.6 is 0 Å². The van der Waals surface area contributed by atoms with Gasteiger partial charge in [-0.1, -0.05) is 44.2 Å². The average Bonchev–Trinajstić information content (AvgIpc) is 2.30. The monoisotopic (exact) mass is 238 g/mol. The third-order valence-electron chi connectivity index (χ3n) is 2.64. The summed E-state index contributed by atoms with van der Waals surface area (Å²) in [6.07, 6.45) is 0. The van der Waals surface area contributed by atoms with Crippen molar-refractivity contribution in [2.75, 3.05) is 0 Å². The van der Waals surface area contributed by atoms with Gasteiger partial charge in [0.25, 0.3) is 5.92 Å². The molecule has 2 nitrogen and oxygen atoms in total. The second-order valence-electron chi connectivity index (χ2n) is 4.26. The summed E-state index contributed by atoms with van der Waals surface area (Å²) in [5, 5.41) is 11.4. The van der Waals surface area contributed by atoms with Crippen LogP contribution in [0.25, 0.3) is 0 Å². The molecular formula is C13H16F2N2. The van der Waals surface area contributed by atoms with Gasteiger partial charge in [0, 0.05) is 12.5 Å². The number of nitrogens with zero attached hydrogens (tertiary/aromatic N) is 1. The van der Waals surface area contributed by atoms with Crippen LogP contribution in [0.15, 0.2) is 30.3 Å². The van der Waals surface area contributed by atoms with Gasteiger partial charge in [-0.2, -0.15) is 5.26 Å². The van der Waals surface area contributed by atoms with E-state index in [-0.39, 0.29) is 6.54 Å². The highest BCUT2D eigenvalue weighted by molar-refractivity contribution is 5.15. The Labute approximate surface area is 100 Å². The summed E-state index contributed by atoms with van der Waals surface area (Å²) >= 11 is 0. The first-order valence-corrected chi connectivity index (χ1v) is 5.53. The van der Waals surface area contributed by atoms with E-state index in [1.165, 1.54) is 13.8 Å². The van der Waals surface area contributed by atoms with Crippen LogP contribution in [0.5, 0.6) is 0 Å². The van der Waals surface area contributed by atoms with Gasteiger partial charge in [0.15, 0.2) is 6.04 Å². The molecule has 0 fully saturated rings. The molecule has 0 aromatic heterocycles. The summed E-state index contributed by atoms with van der Waals surface area (Å²) in [4.78, 5) is 0. The van der Waals surface area contributed by atoms with Gasteiger partial charge in [-0.05, 0) is 5.56 Å². The van der Waals surface area contributed by atoms with Gasteiger partial charge in [-0.25, -0.2) is 8.78 Å². The molecule has 1 unspecified atom stereocenters. The molecule has 0 aliphatic rings. The Kier molecular flexibility index (Phi) is 4.59. The van der Waals surface area contributed by atoms with Crippen LogP contribution in [0.4, 0.5) is 8.78 Å². The van der Waals surface area contributed by atoms with Crippen molar-refractivity contribution in [3.63, 3.8) is 0 Å². The predicted molar refractivity (Wildman–Crippen MR) is 62.5 cm³/mol. The highest BCUT2D eigenvalue weighted by Gasteiger charge is 2.42. The molecule has 1 aromatic rings. The Hall–Kier alpha value is -1.47. The van der Waals surface area contributed by atoms with E-state index in [4.69, 9.17) is 5.26 Å². The minimum Gasteiger partial charge on any atom is -0.293 e. The molecule has 0 amide bonds. The van der Waals surface area contributed by atoms with Gasteiger partial charge in [0.2, 0.25) is 0 Å². The van der Waals surface area contributed by atoms with Crippen molar-refractivity contribution in [3.8, 4) is 6.07 Å². The molecule has 0 spiro atoms. The van der Waals surface area contributed by atoms with Gasteiger partial charge < -0.3 is 0 Å². The Morgan fingerprint density at radius 1 is 1.29 bits per heavy atom. The molecular weight excluding hydrogens is 222 g/mol. The molecule has 92 valence electrons. The quantitative estimate of drug-likeness (QED) is 0.856. The lowest BCUT2D eigenvalue weighted by Crippen LogP contribution is -2.46. The van der Waals surface area contributed by atoms with Crippen LogP contribution in [0.1, 0.15) is 19.4 Å². The number of hydrogen-bond donors (Lipinski definition) is 1. The highest BCUT2D eigenvalue weighted by Crippen LogP contribution is 2.27. The van der Waals surface area contributed by atoms with Crippen LogP contribution in [0, 0.1) is 17.2 Å². The predicted octanol–water partition coefficient (Wildman–Crippen LogP) is 2.96. The van der Waals surface area contributed by atoms with Gasteiger partial charge in [-0.15, -0.1) is 0 Å². The summed E-state index contributed by atoms with van der Waals surface area (Å²) in [6.45, 7) is 3.09. The van der Waals surface area contributed by atoms with E-state index in [1.54, 1.807) is 6.07 Å². The maximum absolute atomic E-state index is 13.6. The first-order valence-electron chi connectivity index (χ1n) is 5.53. The lowest BCUT2D eigenvalue weighted by molar-refractivity contribution is -0.0629. The summed E-state index contributed by atoms with van der Waals surface area (Å²) in [7, 11) is 0. The Morgan fingerprint density at radius 2 is 1.88 bits per heavy atom.